The number of halogens is 1. The lowest BCUT2D eigenvalue weighted by atomic mass is 10.3. The monoisotopic (exact) mass is 334 g/mol. The van der Waals surface area contributed by atoms with Crippen LogP contribution in [0, 0.1) is 2.88 Å². The van der Waals surface area contributed by atoms with Crippen LogP contribution in [0.4, 0.5) is 0 Å². The fraction of sp³-hybridized carbons (Fsp3) is 0.300. The van der Waals surface area contributed by atoms with Gasteiger partial charge in [0.25, 0.3) is 0 Å². The zero-order valence-corrected chi connectivity index (χ0v) is 11.0. The normalized spacial score (nSPS) is 10.8. The highest BCUT2D eigenvalue weighted by molar-refractivity contribution is 14.1. The molecular formula is C10H11IN2OS. The topological polar surface area (TPSA) is 52.0 Å². The predicted molar refractivity (Wildman–Crippen MR) is 69.9 cm³/mol. The summed E-state index contributed by atoms with van der Waals surface area (Å²) in [5.74, 6) is 1.62. The number of nitrogens with two attached hydrogens (primary N) is 1. The van der Waals surface area contributed by atoms with E-state index in [2.05, 4.69) is 39.0 Å². The van der Waals surface area contributed by atoms with Crippen molar-refractivity contribution in [1.82, 2.24) is 4.98 Å². The van der Waals surface area contributed by atoms with Gasteiger partial charge in [-0.3, -0.25) is 0 Å². The van der Waals surface area contributed by atoms with Crippen LogP contribution in [0.1, 0.15) is 12.3 Å². The lowest BCUT2D eigenvalue weighted by Crippen LogP contribution is -2.00. The lowest BCUT2D eigenvalue weighted by molar-refractivity contribution is 0.499. The van der Waals surface area contributed by atoms with E-state index in [-0.39, 0.29) is 0 Å². The van der Waals surface area contributed by atoms with E-state index in [1.54, 1.807) is 17.5 Å². The number of aryl methyl sites for hydroxylation is 1. The van der Waals surface area contributed by atoms with Crippen LogP contribution in [0.25, 0.3) is 11.3 Å². The molecule has 0 aliphatic heterocycles. The van der Waals surface area contributed by atoms with E-state index in [0.29, 0.717) is 6.54 Å². The summed E-state index contributed by atoms with van der Waals surface area (Å²) in [5.41, 5.74) is 6.54. The van der Waals surface area contributed by atoms with Gasteiger partial charge in [0, 0.05) is 17.4 Å². The minimum atomic E-state index is 0.675. The average molecular weight is 334 g/mol. The highest BCUT2D eigenvalue weighted by Crippen LogP contribution is 2.27. The fourth-order valence-corrected chi connectivity index (χ4v) is 2.59. The van der Waals surface area contributed by atoms with Crippen LogP contribution in [0.3, 0.4) is 0 Å². The average Bonchev–Trinajstić information content (AvgIpc) is 2.83. The Morgan fingerprint density at radius 3 is 3.07 bits per heavy atom. The molecule has 80 valence electrons. The molecule has 3 nitrogen and oxygen atoms in total. The van der Waals surface area contributed by atoms with E-state index >= 15 is 0 Å². The molecule has 0 saturated heterocycles. The zero-order valence-electron chi connectivity index (χ0n) is 8.07. The van der Waals surface area contributed by atoms with E-state index < -0.39 is 0 Å². The summed E-state index contributed by atoms with van der Waals surface area (Å²) in [4.78, 5) is 4.22. The molecule has 15 heavy (non-hydrogen) atoms. The molecule has 0 aliphatic rings. The predicted octanol–water partition coefficient (Wildman–Crippen LogP) is 2.90. The van der Waals surface area contributed by atoms with Crippen LogP contribution in [-0.2, 0) is 6.42 Å². The molecular weight excluding hydrogens is 323 g/mol. The van der Waals surface area contributed by atoms with Crippen molar-refractivity contribution in [2.24, 2.45) is 5.73 Å². The molecule has 0 aliphatic carbocycles. The van der Waals surface area contributed by atoms with Crippen molar-refractivity contribution in [3.05, 3.63) is 26.4 Å². The number of hydrogen-bond acceptors (Lipinski definition) is 4. The largest absolute Gasteiger partial charge is 0.441 e. The van der Waals surface area contributed by atoms with Gasteiger partial charge in [0.1, 0.15) is 0 Å². The van der Waals surface area contributed by atoms with Gasteiger partial charge in [-0.1, -0.05) is 0 Å². The molecule has 2 aromatic heterocycles. The summed E-state index contributed by atoms with van der Waals surface area (Å²) in [5, 5.41) is 2.08. The van der Waals surface area contributed by atoms with Crippen molar-refractivity contribution in [2.75, 3.05) is 6.54 Å². The second-order valence-electron chi connectivity index (χ2n) is 3.15. The summed E-state index contributed by atoms with van der Waals surface area (Å²) >= 11 is 4.00. The SMILES string of the molecule is NCCCc1ncc(-c2csc(I)c2)o1. The Kier molecular flexibility index (Phi) is 3.76. The minimum Gasteiger partial charge on any atom is -0.441 e. The Labute approximate surface area is 106 Å². The molecule has 0 spiro atoms. The van der Waals surface area contributed by atoms with Crippen LogP contribution in [0.2, 0.25) is 0 Å². The minimum absolute atomic E-state index is 0.675. The summed E-state index contributed by atoms with van der Waals surface area (Å²) < 4.78 is 6.87. The molecule has 0 amide bonds. The molecule has 0 unspecified atom stereocenters. The first-order valence-corrected chi connectivity index (χ1v) is 6.64. The van der Waals surface area contributed by atoms with E-state index in [9.17, 15) is 0 Å². The first-order valence-electron chi connectivity index (χ1n) is 4.69. The van der Waals surface area contributed by atoms with E-state index in [0.717, 1.165) is 30.1 Å². The molecule has 5 heteroatoms. The Hall–Kier alpha value is -0.400. The number of nitrogens with zero attached hydrogens (tertiary/aromatic N) is 1. The van der Waals surface area contributed by atoms with E-state index in [1.807, 2.05) is 0 Å². The van der Waals surface area contributed by atoms with Crippen molar-refractivity contribution in [1.29, 1.82) is 0 Å². The Morgan fingerprint density at radius 2 is 2.40 bits per heavy atom. The molecule has 0 saturated carbocycles. The second-order valence-corrected chi connectivity index (χ2v) is 5.96. The summed E-state index contributed by atoms with van der Waals surface area (Å²) in [6, 6.07) is 2.10. The molecule has 0 fully saturated rings. The third-order valence-corrected chi connectivity index (χ3v) is 3.79. The first kappa shape index (κ1) is 11.1. The van der Waals surface area contributed by atoms with Crippen LogP contribution in [0.5, 0.6) is 0 Å². The maximum atomic E-state index is 5.62. The van der Waals surface area contributed by atoms with Crippen LogP contribution >= 0.6 is 33.9 Å². The molecule has 2 heterocycles. The van der Waals surface area contributed by atoms with Gasteiger partial charge < -0.3 is 10.2 Å². The Morgan fingerprint density at radius 1 is 1.53 bits per heavy atom. The third-order valence-electron chi connectivity index (χ3n) is 2.00. The molecule has 0 radical (unpaired) electrons. The van der Waals surface area contributed by atoms with Crippen molar-refractivity contribution in [3.8, 4) is 11.3 Å². The van der Waals surface area contributed by atoms with Gasteiger partial charge in [0.2, 0.25) is 0 Å². The maximum Gasteiger partial charge on any atom is 0.194 e. The van der Waals surface area contributed by atoms with Gasteiger partial charge in [0.15, 0.2) is 11.7 Å². The van der Waals surface area contributed by atoms with Gasteiger partial charge in [-0.2, -0.15) is 0 Å². The molecule has 2 N–H and O–H groups in total. The smallest absolute Gasteiger partial charge is 0.194 e. The number of aromatic nitrogens is 1. The highest BCUT2D eigenvalue weighted by atomic mass is 127. The van der Waals surface area contributed by atoms with Gasteiger partial charge in [0.05, 0.1) is 9.08 Å². The highest BCUT2D eigenvalue weighted by Gasteiger charge is 2.07. The summed E-state index contributed by atoms with van der Waals surface area (Å²) in [6.45, 7) is 0.675. The van der Waals surface area contributed by atoms with Crippen LogP contribution in [0.15, 0.2) is 22.1 Å². The molecule has 0 atom stereocenters. The summed E-state index contributed by atoms with van der Waals surface area (Å²) in [7, 11) is 0. The van der Waals surface area contributed by atoms with Crippen molar-refractivity contribution in [2.45, 2.75) is 12.8 Å². The quantitative estimate of drug-likeness (QED) is 0.875. The van der Waals surface area contributed by atoms with E-state index in [1.165, 1.54) is 2.88 Å². The lowest BCUT2D eigenvalue weighted by Gasteiger charge is -1.92. The number of thiophene rings is 1. The van der Waals surface area contributed by atoms with Gasteiger partial charge >= 0.3 is 0 Å². The first-order chi connectivity index (χ1) is 7.29. The standard InChI is InChI=1S/C10H11IN2OS/c11-9-4-7(6-15-9)8-5-13-10(14-8)2-1-3-12/h4-6H,1-3,12H2. The van der Waals surface area contributed by atoms with Crippen LogP contribution < -0.4 is 5.73 Å². The summed E-state index contributed by atoms with van der Waals surface area (Å²) in [6.07, 6.45) is 3.52. The van der Waals surface area contributed by atoms with Gasteiger partial charge in [-0.25, -0.2) is 4.98 Å². The van der Waals surface area contributed by atoms with Crippen molar-refractivity contribution >= 4 is 33.9 Å². The van der Waals surface area contributed by atoms with E-state index in [4.69, 9.17) is 10.2 Å². The maximum absolute atomic E-state index is 5.62. The number of hydrogen-bond donors (Lipinski definition) is 1. The fourth-order valence-electron chi connectivity index (χ4n) is 1.25. The second kappa shape index (κ2) is 5.09. The molecule has 0 bridgehead atoms. The van der Waals surface area contributed by atoms with Crippen molar-refractivity contribution < 1.29 is 4.42 Å². The van der Waals surface area contributed by atoms with Crippen LogP contribution in [-0.4, -0.2) is 11.5 Å². The number of rotatable bonds is 4. The van der Waals surface area contributed by atoms with Gasteiger partial charge in [-0.15, -0.1) is 11.3 Å². The Bertz CT molecular complexity index is 438. The van der Waals surface area contributed by atoms with Crippen molar-refractivity contribution in [3.63, 3.8) is 0 Å². The third kappa shape index (κ3) is 2.79. The Balaban J connectivity index is 2.13. The molecule has 2 rings (SSSR count). The molecule has 2 aromatic rings. The number of oxazole rings is 1. The van der Waals surface area contributed by atoms with Gasteiger partial charge in [-0.05, 0) is 41.6 Å². The zero-order chi connectivity index (χ0) is 10.7. The molecule has 0 aromatic carbocycles.